The van der Waals surface area contributed by atoms with Crippen molar-refractivity contribution in [1.29, 1.82) is 0 Å². The molecule has 2 aromatic carbocycles. The zero-order valence-electron chi connectivity index (χ0n) is 27.2. The minimum absolute atomic E-state index is 0.0716. The van der Waals surface area contributed by atoms with Crippen LogP contribution in [0.4, 0.5) is 0 Å². The molecule has 1 aliphatic heterocycles. The molecule has 0 aromatic heterocycles. The second kappa shape index (κ2) is 11.7. The lowest BCUT2D eigenvalue weighted by atomic mass is 9.57. The van der Waals surface area contributed by atoms with Crippen LogP contribution >= 0.6 is 0 Å². The first-order valence-electron chi connectivity index (χ1n) is 16.8. The second-order valence-corrected chi connectivity index (χ2v) is 17.0. The predicted octanol–water partition coefficient (Wildman–Crippen LogP) is 6.46. The van der Waals surface area contributed by atoms with Gasteiger partial charge in [-0.1, -0.05) is 62.4 Å². The first kappa shape index (κ1) is 32.0. The molecule has 1 heterocycles. The van der Waals surface area contributed by atoms with Gasteiger partial charge in [0.15, 0.2) is 0 Å². The van der Waals surface area contributed by atoms with Crippen LogP contribution in [0, 0.1) is 11.3 Å². The van der Waals surface area contributed by atoms with Crippen molar-refractivity contribution < 1.29 is 23.1 Å². The van der Waals surface area contributed by atoms with Crippen LogP contribution in [0.5, 0.6) is 0 Å². The molecule has 4 aliphatic carbocycles. The van der Waals surface area contributed by atoms with E-state index in [1.54, 1.807) is 6.07 Å². The van der Waals surface area contributed by atoms with Crippen LogP contribution in [-0.2, 0) is 19.6 Å². The molecule has 1 amide bonds. The molecule has 2 unspecified atom stereocenters. The minimum Gasteiger partial charge on any atom is -0.481 e. The molecule has 0 spiro atoms. The highest BCUT2D eigenvalue weighted by molar-refractivity contribution is 7.89. The molecule has 7 rings (SSSR count). The molecule has 2 aromatic rings. The molecule has 2 atom stereocenters. The van der Waals surface area contributed by atoms with E-state index in [-0.39, 0.29) is 28.3 Å². The number of nitrogens with zero attached hydrogens (tertiary/aromatic N) is 1. The van der Waals surface area contributed by atoms with Gasteiger partial charge in [-0.05, 0) is 94.7 Å². The number of rotatable bonds is 8. The standard InChI is InChI=1S/C36H49N3O5S/c1-34(2,3)38-45(43,44)31-15-14-26(25-12-8-9-13-27(25)31)28-23-30(39(4)29(28)22-24-10-6-5-7-11-24)32(40)37-36-19-16-35(17-20-36,18-21-36)33(41)42/h8-9,12-15,23-24,28-29,38H,5-7,10-11,16-22H2,1-4H3,(H,37,40)(H,41,42). The van der Waals surface area contributed by atoms with Gasteiger partial charge in [0.05, 0.1) is 16.0 Å². The number of carbonyl (C=O) groups excluding carboxylic acids is 1. The van der Waals surface area contributed by atoms with Gasteiger partial charge in [0.2, 0.25) is 10.0 Å². The van der Waals surface area contributed by atoms with E-state index in [0.717, 1.165) is 17.4 Å². The average molecular weight is 636 g/mol. The summed E-state index contributed by atoms with van der Waals surface area (Å²) in [5.74, 6) is -0.277. The summed E-state index contributed by atoms with van der Waals surface area (Å²) >= 11 is 0. The van der Waals surface area contributed by atoms with Crippen molar-refractivity contribution in [2.45, 2.75) is 126 Å². The number of carboxylic acids is 1. The van der Waals surface area contributed by atoms with Crippen LogP contribution in [0.25, 0.3) is 10.8 Å². The molecule has 4 saturated carbocycles. The fourth-order valence-corrected chi connectivity index (χ4v) is 10.3. The Labute approximate surface area is 268 Å². The summed E-state index contributed by atoms with van der Waals surface area (Å²) in [6.07, 6.45) is 13.1. The van der Waals surface area contributed by atoms with Gasteiger partial charge < -0.3 is 15.3 Å². The SMILES string of the molecule is CN1C(C(=O)NC23CCC(C(=O)O)(CC2)CC3)=CC(c2ccc(S(=O)(=O)NC(C)(C)C)c3ccccc23)C1CC1CCCCC1. The normalized spacial score (nSPS) is 29.2. The molecule has 8 nitrogen and oxygen atoms in total. The molecular weight excluding hydrogens is 586 g/mol. The van der Waals surface area contributed by atoms with E-state index >= 15 is 0 Å². The number of sulfonamides is 1. The van der Waals surface area contributed by atoms with Gasteiger partial charge in [-0.25, -0.2) is 13.1 Å². The fourth-order valence-electron chi connectivity index (χ4n) is 8.70. The lowest BCUT2D eigenvalue weighted by Gasteiger charge is -2.51. The molecule has 9 heteroatoms. The second-order valence-electron chi connectivity index (χ2n) is 15.4. The number of benzene rings is 2. The largest absolute Gasteiger partial charge is 0.481 e. The van der Waals surface area contributed by atoms with Crippen molar-refractivity contribution in [1.82, 2.24) is 14.9 Å². The molecule has 2 bridgehead atoms. The first-order chi connectivity index (χ1) is 21.2. The van der Waals surface area contributed by atoms with E-state index < -0.39 is 26.9 Å². The third-order valence-electron chi connectivity index (χ3n) is 11.2. The first-order valence-corrected chi connectivity index (χ1v) is 18.3. The highest BCUT2D eigenvalue weighted by Gasteiger charge is 2.53. The molecule has 3 N–H and O–H groups in total. The smallest absolute Gasteiger partial charge is 0.309 e. The van der Waals surface area contributed by atoms with E-state index in [9.17, 15) is 23.1 Å². The molecular formula is C36H49N3O5S. The topological polar surface area (TPSA) is 116 Å². The number of fused-ring (bicyclic) bond motifs is 4. The van der Waals surface area contributed by atoms with Crippen molar-refractivity contribution in [3.05, 3.63) is 53.7 Å². The number of carbonyl (C=O) groups is 2. The Balaban J connectivity index is 1.35. The third kappa shape index (κ3) is 6.14. The Kier molecular flexibility index (Phi) is 8.34. The van der Waals surface area contributed by atoms with Crippen molar-refractivity contribution in [2.75, 3.05) is 7.05 Å². The van der Waals surface area contributed by atoms with E-state index in [1.807, 2.05) is 58.2 Å². The summed E-state index contributed by atoms with van der Waals surface area (Å²) < 4.78 is 29.8. The minimum atomic E-state index is -3.76. The summed E-state index contributed by atoms with van der Waals surface area (Å²) in [4.78, 5) is 28.5. The molecule has 5 aliphatic rings. The lowest BCUT2D eigenvalue weighted by molar-refractivity contribution is -0.157. The number of carboxylic acid groups (broad SMARTS) is 1. The number of hydrogen-bond donors (Lipinski definition) is 3. The van der Waals surface area contributed by atoms with Gasteiger partial charge in [0.1, 0.15) is 0 Å². The predicted molar refractivity (Wildman–Crippen MR) is 176 cm³/mol. The van der Waals surface area contributed by atoms with Crippen LogP contribution in [0.2, 0.25) is 0 Å². The molecule has 0 saturated heterocycles. The van der Waals surface area contributed by atoms with Crippen molar-refractivity contribution in [2.24, 2.45) is 11.3 Å². The maximum Gasteiger partial charge on any atom is 0.309 e. The number of hydrogen-bond acceptors (Lipinski definition) is 5. The zero-order valence-corrected chi connectivity index (χ0v) is 28.0. The Hall–Kier alpha value is -2.91. The van der Waals surface area contributed by atoms with Crippen molar-refractivity contribution in [3.8, 4) is 0 Å². The Morgan fingerprint density at radius 2 is 1.56 bits per heavy atom. The zero-order chi connectivity index (χ0) is 32.2. The molecule has 0 radical (unpaired) electrons. The summed E-state index contributed by atoms with van der Waals surface area (Å²) in [5.41, 5.74) is 0.0976. The Bertz CT molecular complexity index is 1590. The molecule has 4 fully saturated rings. The highest BCUT2D eigenvalue weighted by Crippen LogP contribution is 2.53. The number of likely N-dealkylation sites (N-methyl/N-ethyl adjacent to an activating group) is 1. The van der Waals surface area contributed by atoms with E-state index in [4.69, 9.17) is 0 Å². The summed E-state index contributed by atoms with van der Waals surface area (Å²) in [5, 5.41) is 14.8. The van der Waals surface area contributed by atoms with Gasteiger partial charge in [-0.2, -0.15) is 0 Å². The average Bonchev–Trinajstić information content (AvgIpc) is 3.32. The number of nitrogens with one attached hydrogen (secondary N) is 2. The van der Waals surface area contributed by atoms with Gasteiger partial charge >= 0.3 is 5.97 Å². The molecule has 244 valence electrons. The van der Waals surface area contributed by atoms with Crippen molar-refractivity contribution in [3.63, 3.8) is 0 Å². The maximum atomic E-state index is 14.1. The molecule has 45 heavy (non-hydrogen) atoms. The van der Waals surface area contributed by atoms with Crippen LogP contribution in [0.15, 0.2) is 53.1 Å². The number of amides is 1. The van der Waals surface area contributed by atoms with Crippen LogP contribution in [0.1, 0.15) is 109 Å². The maximum absolute atomic E-state index is 14.1. The Morgan fingerprint density at radius 3 is 2.16 bits per heavy atom. The van der Waals surface area contributed by atoms with Crippen LogP contribution in [-0.4, -0.2) is 54.5 Å². The van der Waals surface area contributed by atoms with E-state index in [1.165, 1.54) is 32.1 Å². The van der Waals surface area contributed by atoms with Gasteiger partial charge in [0.25, 0.3) is 5.91 Å². The number of aliphatic carboxylic acids is 1. The summed E-state index contributed by atoms with van der Waals surface area (Å²) in [7, 11) is -1.74. The third-order valence-corrected chi connectivity index (χ3v) is 13.1. The van der Waals surface area contributed by atoms with Gasteiger partial charge in [-0.3, -0.25) is 9.59 Å². The Morgan fingerprint density at radius 1 is 0.933 bits per heavy atom. The highest BCUT2D eigenvalue weighted by atomic mass is 32.2. The summed E-state index contributed by atoms with van der Waals surface area (Å²) in [6.45, 7) is 5.52. The van der Waals surface area contributed by atoms with Crippen molar-refractivity contribution >= 4 is 32.7 Å². The quantitative estimate of drug-likeness (QED) is 0.307. The van der Waals surface area contributed by atoms with E-state index in [2.05, 4.69) is 21.0 Å². The fraction of sp³-hybridized carbons (Fsp3) is 0.611. The monoisotopic (exact) mass is 635 g/mol. The lowest BCUT2D eigenvalue weighted by Crippen LogP contribution is -2.59. The van der Waals surface area contributed by atoms with Crippen LogP contribution in [0.3, 0.4) is 0 Å². The van der Waals surface area contributed by atoms with E-state index in [0.29, 0.717) is 55.5 Å². The van der Waals surface area contributed by atoms with Gasteiger partial charge in [0, 0.05) is 35.5 Å². The summed E-state index contributed by atoms with van der Waals surface area (Å²) in [6, 6.07) is 11.5. The van der Waals surface area contributed by atoms with Crippen LogP contribution < -0.4 is 10.0 Å². The van der Waals surface area contributed by atoms with Gasteiger partial charge in [-0.15, -0.1) is 0 Å².